The number of nitrogens with two attached hydrogens (primary N) is 1. The van der Waals surface area contributed by atoms with Crippen LogP contribution in [0, 0.1) is 0 Å². The van der Waals surface area contributed by atoms with Crippen LogP contribution in [0.25, 0.3) is 0 Å². The van der Waals surface area contributed by atoms with Gasteiger partial charge in [0, 0.05) is 18.2 Å². The highest BCUT2D eigenvalue weighted by atomic mass is 16.3. The van der Waals surface area contributed by atoms with Crippen molar-refractivity contribution in [1.82, 2.24) is 9.80 Å². The molecule has 1 saturated heterocycles. The van der Waals surface area contributed by atoms with Gasteiger partial charge in [-0.05, 0) is 45.6 Å². The lowest BCUT2D eigenvalue weighted by Crippen LogP contribution is -2.42. The van der Waals surface area contributed by atoms with E-state index < -0.39 is 0 Å². The van der Waals surface area contributed by atoms with E-state index >= 15 is 0 Å². The summed E-state index contributed by atoms with van der Waals surface area (Å²) in [4.78, 5) is 4.92. The number of likely N-dealkylation sites (tertiary alicyclic amines) is 1. The SMILES string of the molecule is CCN1CCC(N(C)Cc2occc2CN)CC1. The van der Waals surface area contributed by atoms with E-state index in [9.17, 15) is 0 Å². The molecule has 0 spiro atoms. The Morgan fingerprint density at radius 2 is 2.17 bits per heavy atom. The van der Waals surface area contributed by atoms with Crippen LogP contribution in [-0.2, 0) is 13.1 Å². The molecule has 0 bridgehead atoms. The van der Waals surface area contributed by atoms with Crippen molar-refractivity contribution in [2.24, 2.45) is 5.73 Å². The summed E-state index contributed by atoms with van der Waals surface area (Å²) in [6.07, 6.45) is 4.25. The number of hydrogen-bond acceptors (Lipinski definition) is 4. The maximum Gasteiger partial charge on any atom is 0.122 e. The fourth-order valence-corrected chi connectivity index (χ4v) is 2.72. The summed E-state index contributed by atoms with van der Waals surface area (Å²) >= 11 is 0. The zero-order valence-corrected chi connectivity index (χ0v) is 11.6. The molecule has 0 atom stereocenters. The third-order valence-corrected chi connectivity index (χ3v) is 4.08. The molecule has 0 amide bonds. The Hall–Kier alpha value is -0.840. The lowest BCUT2D eigenvalue weighted by atomic mass is 10.0. The summed E-state index contributed by atoms with van der Waals surface area (Å²) in [5, 5.41) is 0. The molecule has 1 aliphatic rings. The molecule has 4 heteroatoms. The van der Waals surface area contributed by atoms with Crippen molar-refractivity contribution in [3.63, 3.8) is 0 Å². The summed E-state index contributed by atoms with van der Waals surface area (Å²) in [5.41, 5.74) is 6.83. The van der Waals surface area contributed by atoms with Crippen molar-refractivity contribution in [1.29, 1.82) is 0 Å². The molecule has 0 aromatic carbocycles. The van der Waals surface area contributed by atoms with Crippen LogP contribution in [0.1, 0.15) is 31.1 Å². The average Bonchev–Trinajstić information content (AvgIpc) is 2.86. The molecule has 4 nitrogen and oxygen atoms in total. The minimum Gasteiger partial charge on any atom is -0.468 e. The van der Waals surface area contributed by atoms with Crippen molar-refractivity contribution in [3.05, 3.63) is 23.7 Å². The molecule has 2 rings (SSSR count). The molecule has 0 unspecified atom stereocenters. The van der Waals surface area contributed by atoms with Gasteiger partial charge in [0.05, 0.1) is 12.8 Å². The van der Waals surface area contributed by atoms with Crippen molar-refractivity contribution >= 4 is 0 Å². The summed E-state index contributed by atoms with van der Waals surface area (Å²) < 4.78 is 5.53. The summed E-state index contributed by atoms with van der Waals surface area (Å²) in [7, 11) is 2.19. The molecule has 0 saturated carbocycles. The van der Waals surface area contributed by atoms with Crippen LogP contribution in [-0.4, -0.2) is 42.5 Å². The minimum absolute atomic E-state index is 0.563. The average molecular weight is 251 g/mol. The molecule has 1 aliphatic heterocycles. The van der Waals surface area contributed by atoms with Gasteiger partial charge in [-0.1, -0.05) is 6.92 Å². The van der Waals surface area contributed by atoms with E-state index in [1.165, 1.54) is 32.5 Å². The normalized spacial score (nSPS) is 18.7. The van der Waals surface area contributed by atoms with Gasteiger partial charge in [-0.25, -0.2) is 0 Å². The fourth-order valence-electron chi connectivity index (χ4n) is 2.72. The van der Waals surface area contributed by atoms with Gasteiger partial charge >= 0.3 is 0 Å². The first kappa shape index (κ1) is 13.6. The predicted molar refractivity (Wildman–Crippen MR) is 73.2 cm³/mol. The Morgan fingerprint density at radius 3 is 2.78 bits per heavy atom. The molecule has 18 heavy (non-hydrogen) atoms. The molecule has 2 heterocycles. The van der Waals surface area contributed by atoms with Gasteiger partial charge in [0.25, 0.3) is 0 Å². The van der Waals surface area contributed by atoms with Gasteiger partial charge < -0.3 is 15.1 Å². The summed E-state index contributed by atoms with van der Waals surface area (Å²) in [5.74, 6) is 1.03. The Balaban J connectivity index is 1.87. The first-order chi connectivity index (χ1) is 8.74. The molecule has 1 aromatic heterocycles. The Bertz CT molecular complexity index is 356. The second-order valence-corrected chi connectivity index (χ2v) is 5.15. The molecule has 102 valence electrons. The highest BCUT2D eigenvalue weighted by Crippen LogP contribution is 2.19. The van der Waals surface area contributed by atoms with Crippen LogP contribution in [0.2, 0.25) is 0 Å². The number of furan rings is 1. The van der Waals surface area contributed by atoms with Gasteiger partial charge in [0.15, 0.2) is 0 Å². The van der Waals surface area contributed by atoms with Gasteiger partial charge in [0.2, 0.25) is 0 Å². The van der Waals surface area contributed by atoms with Gasteiger partial charge in [-0.15, -0.1) is 0 Å². The molecular formula is C14H25N3O. The molecule has 2 N–H and O–H groups in total. The van der Waals surface area contributed by atoms with E-state index in [4.69, 9.17) is 10.2 Å². The quantitative estimate of drug-likeness (QED) is 0.864. The number of hydrogen-bond donors (Lipinski definition) is 1. The molecule has 1 fully saturated rings. The van der Waals surface area contributed by atoms with Crippen LogP contribution in [0.4, 0.5) is 0 Å². The summed E-state index contributed by atoms with van der Waals surface area (Å²) in [6, 6.07) is 2.64. The second-order valence-electron chi connectivity index (χ2n) is 5.15. The highest BCUT2D eigenvalue weighted by molar-refractivity contribution is 5.16. The zero-order chi connectivity index (χ0) is 13.0. The van der Waals surface area contributed by atoms with E-state index in [-0.39, 0.29) is 0 Å². The molecule has 0 aliphatic carbocycles. The Labute approximate surface area is 110 Å². The van der Waals surface area contributed by atoms with Crippen LogP contribution >= 0.6 is 0 Å². The first-order valence-corrected chi connectivity index (χ1v) is 6.92. The van der Waals surface area contributed by atoms with Crippen LogP contribution in [0.15, 0.2) is 16.7 Å². The van der Waals surface area contributed by atoms with Crippen molar-refractivity contribution < 1.29 is 4.42 Å². The van der Waals surface area contributed by atoms with Gasteiger partial charge in [-0.3, -0.25) is 4.90 Å². The van der Waals surface area contributed by atoms with Crippen molar-refractivity contribution in [2.75, 3.05) is 26.7 Å². The smallest absolute Gasteiger partial charge is 0.122 e. The van der Waals surface area contributed by atoms with E-state index in [1.54, 1.807) is 6.26 Å². The maximum absolute atomic E-state index is 5.70. The molecule has 0 radical (unpaired) electrons. The highest BCUT2D eigenvalue weighted by Gasteiger charge is 2.22. The first-order valence-electron chi connectivity index (χ1n) is 6.92. The van der Waals surface area contributed by atoms with Crippen molar-refractivity contribution in [3.8, 4) is 0 Å². The van der Waals surface area contributed by atoms with E-state index in [1.807, 2.05) is 6.07 Å². The second kappa shape index (κ2) is 6.36. The third kappa shape index (κ3) is 3.13. The topological polar surface area (TPSA) is 45.6 Å². The zero-order valence-electron chi connectivity index (χ0n) is 11.6. The number of nitrogens with zero attached hydrogens (tertiary/aromatic N) is 2. The standard InChI is InChI=1S/C14H25N3O/c1-3-17-7-4-13(5-8-17)16(2)11-14-12(10-15)6-9-18-14/h6,9,13H,3-5,7-8,10-11,15H2,1-2H3. The lowest BCUT2D eigenvalue weighted by molar-refractivity contribution is 0.121. The summed E-state index contributed by atoms with van der Waals surface area (Å²) in [6.45, 7) is 7.28. The largest absolute Gasteiger partial charge is 0.468 e. The van der Waals surface area contributed by atoms with Crippen LogP contribution in [0.5, 0.6) is 0 Å². The van der Waals surface area contributed by atoms with E-state index in [0.29, 0.717) is 12.6 Å². The monoisotopic (exact) mass is 251 g/mol. The van der Waals surface area contributed by atoms with E-state index in [2.05, 4.69) is 23.8 Å². The lowest BCUT2D eigenvalue weighted by Gasteiger charge is -2.36. The number of piperidine rings is 1. The van der Waals surface area contributed by atoms with Crippen LogP contribution in [0.3, 0.4) is 0 Å². The van der Waals surface area contributed by atoms with Gasteiger partial charge in [0.1, 0.15) is 5.76 Å². The number of rotatable bonds is 5. The predicted octanol–water partition coefficient (Wildman–Crippen LogP) is 1.65. The molecule has 1 aromatic rings. The van der Waals surface area contributed by atoms with Crippen LogP contribution < -0.4 is 5.73 Å². The van der Waals surface area contributed by atoms with Crippen molar-refractivity contribution in [2.45, 2.75) is 38.9 Å². The third-order valence-electron chi connectivity index (χ3n) is 4.08. The Kier molecular flexibility index (Phi) is 4.80. The van der Waals surface area contributed by atoms with Gasteiger partial charge in [-0.2, -0.15) is 0 Å². The Morgan fingerprint density at radius 1 is 1.44 bits per heavy atom. The fraction of sp³-hybridized carbons (Fsp3) is 0.714. The minimum atomic E-state index is 0.563. The maximum atomic E-state index is 5.70. The van der Waals surface area contributed by atoms with E-state index in [0.717, 1.165) is 17.9 Å². The molecular weight excluding hydrogens is 226 g/mol.